The minimum absolute atomic E-state index is 0.153. The van der Waals surface area contributed by atoms with E-state index in [0.717, 1.165) is 17.4 Å². The molecule has 0 saturated heterocycles. The van der Waals surface area contributed by atoms with Gasteiger partial charge < -0.3 is 5.32 Å². The highest BCUT2D eigenvalue weighted by atomic mass is 79.9. The van der Waals surface area contributed by atoms with E-state index in [9.17, 15) is 4.79 Å². The summed E-state index contributed by atoms with van der Waals surface area (Å²) in [6.07, 6.45) is 7.01. The average Bonchev–Trinajstić information content (AvgIpc) is 2.38. The highest BCUT2D eigenvalue weighted by Gasteiger charge is 2.33. The predicted molar refractivity (Wildman–Crippen MR) is 73.0 cm³/mol. The third-order valence-electron chi connectivity index (χ3n) is 3.79. The van der Waals surface area contributed by atoms with Gasteiger partial charge in [0.25, 0.3) is 0 Å². The summed E-state index contributed by atoms with van der Waals surface area (Å²) in [4.78, 5) is 10.6. The van der Waals surface area contributed by atoms with Crippen molar-refractivity contribution in [2.24, 2.45) is 0 Å². The molecule has 3 heteroatoms. The first-order chi connectivity index (χ1) is 8.27. The first-order valence-corrected chi connectivity index (χ1v) is 6.99. The van der Waals surface area contributed by atoms with Crippen LogP contribution in [0.2, 0.25) is 0 Å². The summed E-state index contributed by atoms with van der Waals surface area (Å²) in [5.74, 6) is 0. The first-order valence-electron chi connectivity index (χ1n) is 6.20. The Morgan fingerprint density at radius 2 is 1.82 bits per heavy atom. The summed E-state index contributed by atoms with van der Waals surface area (Å²) in [5, 5.41) is 2.88. The van der Waals surface area contributed by atoms with Gasteiger partial charge in [0, 0.05) is 16.4 Å². The van der Waals surface area contributed by atoms with E-state index in [1.807, 2.05) is 0 Å². The van der Waals surface area contributed by atoms with E-state index in [1.54, 1.807) is 0 Å². The van der Waals surface area contributed by atoms with Crippen LogP contribution in [-0.2, 0) is 10.2 Å². The number of nitrogens with one attached hydrogen (secondary N) is 1. The molecule has 0 aliphatic heterocycles. The van der Waals surface area contributed by atoms with Crippen LogP contribution in [0.1, 0.15) is 37.7 Å². The Bertz CT molecular complexity index is 368. The number of hydrogen-bond acceptors (Lipinski definition) is 1. The van der Waals surface area contributed by atoms with Crippen molar-refractivity contribution in [3.8, 4) is 0 Å². The molecule has 0 heterocycles. The number of amides is 1. The SMILES string of the molecule is O=CNCC1(c2ccc(Br)cc2)CCCCC1. The monoisotopic (exact) mass is 295 g/mol. The van der Waals surface area contributed by atoms with Gasteiger partial charge >= 0.3 is 0 Å². The van der Waals surface area contributed by atoms with Gasteiger partial charge in [0.05, 0.1) is 0 Å². The van der Waals surface area contributed by atoms with E-state index in [0.29, 0.717) is 0 Å². The first kappa shape index (κ1) is 12.6. The van der Waals surface area contributed by atoms with Crippen LogP contribution < -0.4 is 5.32 Å². The molecule has 0 radical (unpaired) electrons. The van der Waals surface area contributed by atoms with Crippen LogP contribution in [-0.4, -0.2) is 13.0 Å². The number of carbonyl (C=O) groups excluding carboxylic acids is 1. The van der Waals surface area contributed by atoms with Crippen molar-refractivity contribution in [3.63, 3.8) is 0 Å². The van der Waals surface area contributed by atoms with E-state index in [-0.39, 0.29) is 5.41 Å². The Morgan fingerprint density at radius 1 is 1.18 bits per heavy atom. The third-order valence-corrected chi connectivity index (χ3v) is 4.32. The van der Waals surface area contributed by atoms with Crippen LogP contribution in [0.4, 0.5) is 0 Å². The molecule has 2 rings (SSSR count). The quantitative estimate of drug-likeness (QED) is 0.848. The number of benzene rings is 1. The molecule has 0 atom stereocenters. The molecule has 1 saturated carbocycles. The van der Waals surface area contributed by atoms with Crippen molar-refractivity contribution in [2.45, 2.75) is 37.5 Å². The lowest BCUT2D eigenvalue weighted by atomic mass is 9.69. The molecule has 1 aliphatic carbocycles. The van der Waals surface area contributed by atoms with E-state index >= 15 is 0 Å². The summed E-state index contributed by atoms with van der Waals surface area (Å²) in [6, 6.07) is 8.54. The minimum atomic E-state index is 0.153. The normalized spacial score (nSPS) is 18.6. The Balaban J connectivity index is 2.24. The van der Waals surface area contributed by atoms with E-state index < -0.39 is 0 Å². The zero-order valence-electron chi connectivity index (χ0n) is 9.92. The second kappa shape index (κ2) is 5.67. The van der Waals surface area contributed by atoms with Gasteiger partial charge in [-0.15, -0.1) is 0 Å². The van der Waals surface area contributed by atoms with Gasteiger partial charge in [-0.2, -0.15) is 0 Å². The number of hydrogen-bond donors (Lipinski definition) is 1. The molecule has 1 fully saturated rings. The van der Waals surface area contributed by atoms with Gasteiger partial charge in [-0.25, -0.2) is 0 Å². The van der Waals surface area contributed by atoms with Crippen LogP contribution >= 0.6 is 15.9 Å². The highest BCUT2D eigenvalue weighted by Crippen LogP contribution is 2.39. The molecule has 1 aliphatic rings. The number of carbonyl (C=O) groups is 1. The fourth-order valence-corrected chi connectivity index (χ4v) is 3.10. The van der Waals surface area contributed by atoms with E-state index in [2.05, 4.69) is 45.5 Å². The molecule has 17 heavy (non-hydrogen) atoms. The molecular weight excluding hydrogens is 278 g/mol. The van der Waals surface area contributed by atoms with Gasteiger partial charge in [-0.3, -0.25) is 4.79 Å². The van der Waals surface area contributed by atoms with Crippen molar-refractivity contribution < 1.29 is 4.79 Å². The van der Waals surface area contributed by atoms with Crippen molar-refractivity contribution in [1.29, 1.82) is 0 Å². The number of rotatable bonds is 4. The second-order valence-corrected chi connectivity index (χ2v) is 5.76. The summed E-state index contributed by atoms with van der Waals surface area (Å²) in [6.45, 7) is 0.762. The highest BCUT2D eigenvalue weighted by molar-refractivity contribution is 9.10. The molecule has 1 aromatic carbocycles. The molecule has 0 unspecified atom stereocenters. The minimum Gasteiger partial charge on any atom is -0.358 e. The lowest BCUT2D eigenvalue weighted by Gasteiger charge is -2.37. The summed E-state index contributed by atoms with van der Waals surface area (Å²) in [7, 11) is 0. The Morgan fingerprint density at radius 3 is 2.41 bits per heavy atom. The summed E-state index contributed by atoms with van der Waals surface area (Å²) < 4.78 is 1.11. The number of halogens is 1. The summed E-state index contributed by atoms with van der Waals surface area (Å²) >= 11 is 3.47. The zero-order chi connectivity index (χ0) is 12.1. The van der Waals surface area contributed by atoms with Crippen LogP contribution in [0.15, 0.2) is 28.7 Å². The third kappa shape index (κ3) is 2.89. The maximum atomic E-state index is 10.6. The van der Waals surface area contributed by atoms with Crippen LogP contribution in [0.5, 0.6) is 0 Å². The lowest BCUT2D eigenvalue weighted by molar-refractivity contribution is -0.109. The molecular formula is C14H18BrNO. The van der Waals surface area contributed by atoms with Crippen molar-refractivity contribution >= 4 is 22.3 Å². The standard InChI is InChI=1S/C14H18BrNO/c15-13-6-4-12(5-7-13)14(10-16-11-17)8-2-1-3-9-14/h4-7,11H,1-3,8-10H2,(H,16,17). The maximum Gasteiger partial charge on any atom is 0.207 e. The Labute approximate surface area is 111 Å². The molecule has 0 aromatic heterocycles. The topological polar surface area (TPSA) is 29.1 Å². The van der Waals surface area contributed by atoms with Gasteiger partial charge in [0.15, 0.2) is 0 Å². The molecule has 1 amide bonds. The van der Waals surface area contributed by atoms with Gasteiger partial charge in [0.1, 0.15) is 0 Å². The van der Waals surface area contributed by atoms with Gasteiger partial charge in [-0.1, -0.05) is 47.3 Å². The fourth-order valence-electron chi connectivity index (χ4n) is 2.84. The second-order valence-electron chi connectivity index (χ2n) is 4.85. The molecule has 0 bridgehead atoms. The van der Waals surface area contributed by atoms with Crippen molar-refractivity contribution in [3.05, 3.63) is 34.3 Å². The molecule has 92 valence electrons. The van der Waals surface area contributed by atoms with Crippen LogP contribution in [0, 0.1) is 0 Å². The van der Waals surface area contributed by atoms with E-state index in [4.69, 9.17) is 0 Å². The molecule has 1 aromatic rings. The Kier molecular flexibility index (Phi) is 4.21. The zero-order valence-corrected chi connectivity index (χ0v) is 11.5. The van der Waals surface area contributed by atoms with Gasteiger partial charge in [0.2, 0.25) is 6.41 Å². The largest absolute Gasteiger partial charge is 0.358 e. The van der Waals surface area contributed by atoms with Crippen molar-refractivity contribution in [2.75, 3.05) is 6.54 Å². The average molecular weight is 296 g/mol. The molecule has 1 N–H and O–H groups in total. The lowest BCUT2D eigenvalue weighted by Crippen LogP contribution is -2.39. The summed E-state index contributed by atoms with van der Waals surface area (Å²) in [5.41, 5.74) is 1.51. The maximum absolute atomic E-state index is 10.6. The fraction of sp³-hybridized carbons (Fsp3) is 0.500. The molecule has 0 spiro atoms. The van der Waals surface area contributed by atoms with E-state index in [1.165, 1.54) is 37.7 Å². The molecule has 2 nitrogen and oxygen atoms in total. The smallest absolute Gasteiger partial charge is 0.207 e. The van der Waals surface area contributed by atoms with Crippen molar-refractivity contribution in [1.82, 2.24) is 5.32 Å². The van der Waals surface area contributed by atoms with Gasteiger partial charge in [-0.05, 0) is 30.5 Å². The Hall–Kier alpha value is -0.830. The predicted octanol–water partition coefficient (Wildman–Crippen LogP) is 3.40. The van der Waals surface area contributed by atoms with Crippen LogP contribution in [0.25, 0.3) is 0 Å². The van der Waals surface area contributed by atoms with Crippen LogP contribution in [0.3, 0.4) is 0 Å².